The van der Waals surface area contributed by atoms with Gasteiger partial charge in [0.25, 0.3) is 0 Å². The van der Waals surface area contributed by atoms with Crippen LogP contribution in [-0.2, 0) is 0 Å². The van der Waals surface area contributed by atoms with Gasteiger partial charge in [0.1, 0.15) is 0 Å². The molecule has 0 fully saturated rings. The molecule has 0 radical (unpaired) electrons. The van der Waals surface area contributed by atoms with E-state index >= 15 is 0 Å². The molecule has 1 atom stereocenters. The number of benzene rings is 1. The Labute approximate surface area is 122 Å². The van der Waals surface area contributed by atoms with Crippen molar-refractivity contribution in [3.8, 4) is 0 Å². The van der Waals surface area contributed by atoms with Crippen LogP contribution in [0.2, 0.25) is 25.7 Å². The summed E-state index contributed by atoms with van der Waals surface area (Å²) in [6.45, 7) is 12.9. The summed E-state index contributed by atoms with van der Waals surface area (Å²) in [5.41, 5.74) is 1.46. The van der Waals surface area contributed by atoms with Crippen molar-refractivity contribution in [3.05, 3.63) is 34.3 Å². The van der Waals surface area contributed by atoms with Crippen LogP contribution in [0.4, 0.5) is 0 Å². The minimum atomic E-state index is -1.05. The second-order valence-corrected chi connectivity index (χ2v) is 13.0. The van der Waals surface area contributed by atoms with Crippen molar-refractivity contribution in [2.24, 2.45) is 0 Å². The monoisotopic (exact) mass is 327 g/mol. The molecule has 0 saturated carbocycles. The molecule has 1 N–H and O–H groups in total. The third-order valence-electron chi connectivity index (χ3n) is 2.95. The highest BCUT2D eigenvalue weighted by molar-refractivity contribution is 9.10. The van der Waals surface area contributed by atoms with Crippen LogP contribution >= 0.6 is 15.9 Å². The predicted molar refractivity (Wildman–Crippen MR) is 88.2 cm³/mol. The van der Waals surface area contributed by atoms with Gasteiger partial charge < -0.3 is 5.32 Å². The molecule has 0 bridgehead atoms. The molecule has 0 aliphatic rings. The quantitative estimate of drug-likeness (QED) is 0.735. The van der Waals surface area contributed by atoms with E-state index < -0.39 is 8.07 Å². The van der Waals surface area contributed by atoms with Gasteiger partial charge in [-0.25, -0.2) is 0 Å². The van der Waals surface area contributed by atoms with E-state index in [0.29, 0.717) is 12.0 Å². The van der Waals surface area contributed by atoms with Crippen molar-refractivity contribution in [1.29, 1.82) is 0 Å². The Balaban J connectivity index is 2.82. The van der Waals surface area contributed by atoms with E-state index in [9.17, 15) is 0 Å². The predicted octanol–water partition coefficient (Wildman–Crippen LogP) is 4.87. The summed E-state index contributed by atoms with van der Waals surface area (Å²) in [7, 11) is -1.05. The molecule has 102 valence electrons. The molecule has 1 nitrogen and oxygen atoms in total. The summed E-state index contributed by atoms with van der Waals surface area (Å²) in [4.78, 5) is 0. The molecule has 0 amide bonds. The summed E-state index contributed by atoms with van der Waals surface area (Å²) in [5, 5.41) is 3.59. The van der Waals surface area contributed by atoms with Crippen LogP contribution in [0.3, 0.4) is 0 Å². The lowest BCUT2D eigenvalue weighted by Gasteiger charge is -2.26. The first kappa shape index (κ1) is 15.9. The fraction of sp³-hybridized carbons (Fsp3) is 0.600. The molecule has 1 unspecified atom stereocenters. The van der Waals surface area contributed by atoms with Gasteiger partial charge in [-0.05, 0) is 29.7 Å². The molecule has 0 spiro atoms. The first-order valence-electron chi connectivity index (χ1n) is 6.77. The van der Waals surface area contributed by atoms with E-state index in [-0.39, 0.29) is 0 Å². The number of halogens is 1. The number of hydrogen-bond acceptors (Lipinski definition) is 1. The first-order chi connectivity index (χ1) is 8.28. The highest BCUT2D eigenvalue weighted by Crippen LogP contribution is 2.28. The standard InChI is InChI=1S/C15H26BrNSi/c1-12(2)17-10-14(11-18(3,4)5)13-7-6-8-15(16)9-13/h6-9,12,14,17H,10-11H2,1-5H3. The summed E-state index contributed by atoms with van der Waals surface area (Å²) in [5.74, 6) is 0.636. The van der Waals surface area contributed by atoms with Gasteiger partial charge >= 0.3 is 0 Å². The Hall–Kier alpha value is -0.123. The molecule has 0 heterocycles. The highest BCUT2D eigenvalue weighted by atomic mass is 79.9. The van der Waals surface area contributed by atoms with E-state index in [1.165, 1.54) is 16.1 Å². The molecule has 3 heteroatoms. The van der Waals surface area contributed by atoms with Crippen LogP contribution < -0.4 is 5.32 Å². The van der Waals surface area contributed by atoms with Gasteiger partial charge in [-0.1, -0.05) is 61.6 Å². The molecule has 18 heavy (non-hydrogen) atoms. The largest absolute Gasteiger partial charge is 0.314 e. The lowest BCUT2D eigenvalue weighted by Crippen LogP contribution is -2.32. The van der Waals surface area contributed by atoms with Crippen molar-refractivity contribution in [1.82, 2.24) is 5.32 Å². The maximum absolute atomic E-state index is 3.59. The number of nitrogens with one attached hydrogen (secondary N) is 1. The van der Waals surface area contributed by atoms with E-state index in [2.05, 4.69) is 79.0 Å². The normalized spacial score (nSPS) is 13.9. The lowest BCUT2D eigenvalue weighted by molar-refractivity contribution is 0.545. The fourth-order valence-corrected chi connectivity index (χ4v) is 4.46. The lowest BCUT2D eigenvalue weighted by atomic mass is 10.0. The molecule has 1 aromatic carbocycles. The minimum Gasteiger partial charge on any atom is -0.314 e. The van der Waals surface area contributed by atoms with Crippen LogP contribution in [0.5, 0.6) is 0 Å². The molecule has 1 rings (SSSR count). The van der Waals surface area contributed by atoms with Crippen LogP contribution in [0.25, 0.3) is 0 Å². The van der Waals surface area contributed by atoms with Gasteiger partial charge in [-0.2, -0.15) is 0 Å². The zero-order valence-corrected chi connectivity index (χ0v) is 14.8. The van der Waals surface area contributed by atoms with E-state index in [0.717, 1.165) is 6.54 Å². The number of hydrogen-bond donors (Lipinski definition) is 1. The highest BCUT2D eigenvalue weighted by Gasteiger charge is 2.22. The third-order valence-corrected chi connectivity index (χ3v) is 5.16. The SMILES string of the molecule is CC(C)NCC(C[Si](C)(C)C)c1cccc(Br)c1. The molecule has 1 aromatic rings. The summed E-state index contributed by atoms with van der Waals surface area (Å²) in [6.07, 6.45) is 0. The number of rotatable bonds is 6. The molecular formula is C15H26BrNSi. The van der Waals surface area contributed by atoms with Gasteiger partial charge in [0, 0.05) is 25.1 Å². The molecule has 0 aliphatic heterocycles. The smallest absolute Gasteiger partial charge is 0.0449 e. The second-order valence-electron chi connectivity index (χ2n) is 6.58. The zero-order chi connectivity index (χ0) is 13.8. The van der Waals surface area contributed by atoms with Gasteiger partial charge in [-0.3, -0.25) is 0 Å². The average molecular weight is 328 g/mol. The maximum Gasteiger partial charge on any atom is 0.0449 e. The van der Waals surface area contributed by atoms with Gasteiger partial charge in [-0.15, -0.1) is 0 Å². The minimum absolute atomic E-state index is 0.557. The van der Waals surface area contributed by atoms with Crippen LogP contribution in [-0.4, -0.2) is 20.7 Å². The Morgan fingerprint density at radius 2 is 1.89 bits per heavy atom. The second kappa shape index (κ2) is 6.87. The zero-order valence-electron chi connectivity index (χ0n) is 12.3. The Morgan fingerprint density at radius 3 is 2.39 bits per heavy atom. The van der Waals surface area contributed by atoms with E-state index in [1.54, 1.807) is 0 Å². The van der Waals surface area contributed by atoms with E-state index in [1.807, 2.05) is 0 Å². The topological polar surface area (TPSA) is 12.0 Å². The van der Waals surface area contributed by atoms with Crippen molar-refractivity contribution in [3.63, 3.8) is 0 Å². The van der Waals surface area contributed by atoms with Gasteiger partial charge in [0.05, 0.1) is 0 Å². The van der Waals surface area contributed by atoms with Crippen LogP contribution in [0.1, 0.15) is 25.3 Å². The summed E-state index contributed by atoms with van der Waals surface area (Å²) < 4.78 is 1.19. The summed E-state index contributed by atoms with van der Waals surface area (Å²) >= 11 is 3.58. The van der Waals surface area contributed by atoms with Crippen LogP contribution in [0, 0.1) is 0 Å². The molecule has 0 saturated heterocycles. The van der Waals surface area contributed by atoms with Crippen molar-refractivity contribution in [2.75, 3.05) is 6.54 Å². The Kier molecular flexibility index (Phi) is 6.08. The fourth-order valence-electron chi connectivity index (χ4n) is 2.19. The first-order valence-corrected chi connectivity index (χ1v) is 11.3. The molecule has 0 aliphatic carbocycles. The Morgan fingerprint density at radius 1 is 1.22 bits per heavy atom. The Bertz CT molecular complexity index is 371. The van der Waals surface area contributed by atoms with Crippen molar-refractivity contribution in [2.45, 2.75) is 51.5 Å². The van der Waals surface area contributed by atoms with Gasteiger partial charge in [0.2, 0.25) is 0 Å². The average Bonchev–Trinajstić information content (AvgIpc) is 2.22. The van der Waals surface area contributed by atoms with E-state index in [4.69, 9.17) is 0 Å². The van der Waals surface area contributed by atoms with Crippen molar-refractivity contribution < 1.29 is 0 Å². The van der Waals surface area contributed by atoms with Crippen LogP contribution in [0.15, 0.2) is 28.7 Å². The summed E-state index contributed by atoms with van der Waals surface area (Å²) in [6, 6.07) is 10.7. The maximum atomic E-state index is 3.59. The van der Waals surface area contributed by atoms with Gasteiger partial charge in [0.15, 0.2) is 0 Å². The molecule has 0 aromatic heterocycles. The third kappa shape index (κ3) is 6.16. The van der Waals surface area contributed by atoms with Crippen molar-refractivity contribution >= 4 is 24.0 Å². The molecular weight excluding hydrogens is 302 g/mol.